The normalized spacial score (nSPS) is 13.6. The van der Waals surface area contributed by atoms with E-state index in [1.165, 1.54) is 11.3 Å². The Morgan fingerprint density at radius 1 is 1.36 bits per heavy atom. The predicted molar refractivity (Wildman–Crippen MR) is 94.6 cm³/mol. The van der Waals surface area contributed by atoms with Gasteiger partial charge in [-0.2, -0.15) is 5.10 Å². The summed E-state index contributed by atoms with van der Waals surface area (Å²) in [5, 5.41) is 7.24. The number of amides is 1. The van der Waals surface area contributed by atoms with Gasteiger partial charge in [-0.1, -0.05) is 26.0 Å². The van der Waals surface area contributed by atoms with Gasteiger partial charge < -0.3 is 14.8 Å². The van der Waals surface area contributed by atoms with Crippen LogP contribution in [0.2, 0.25) is 0 Å². The van der Waals surface area contributed by atoms with Crippen molar-refractivity contribution in [3.63, 3.8) is 0 Å². The van der Waals surface area contributed by atoms with E-state index in [2.05, 4.69) is 24.3 Å². The molecule has 1 aromatic carbocycles. The zero-order valence-electron chi connectivity index (χ0n) is 14.8. The van der Waals surface area contributed by atoms with Gasteiger partial charge in [0.25, 0.3) is 5.91 Å². The first-order valence-corrected chi connectivity index (χ1v) is 8.74. The van der Waals surface area contributed by atoms with Gasteiger partial charge in [0.1, 0.15) is 5.75 Å². The van der Waals surface area contributed by atoms with E-state index in [-0.39, 0.29) is 12.5 Å². The highest BCUT2D eigenvalue weighted by molar-refractivity contribution is 5.77. The summed E-state index contributed by atoms with van der Waals surface area (Å²) in [6.07, 6.45) is 2.72. The van der Waals surface area contributed by atoms with Crippen LogP contribution in [-0.2, 0) is 29.1 Å². The topological polar surface area (TPSA) is 65.4 Å². The molecule has 1 amide bonds. The van der Waals surface area contributed by atoms with Gasteiger partial charge in [0.2, 0.25) is 0 Å². The molecular formula is C19H25N3O3. The molecule has 0 bridgehead atoms. The summed E-state index contributed by atoms with van der Waals surface area (Å²) < 4.78 is 12.9. The highest BCUT2D eigenvalue weighted by Crippen LogP contribution is 2.18. The molecule has 0 unspecified atom stereocenters. The fourth-order valence-corrected chi connectivity index (χ4v) is 2.85. The quantitative estimate of drug-likeness (QED) is 0.838. The van der Waals surface area contributed by atoms with E-state index in [4.69, 9.17) is 9.47 Å². The fourth-order valence-electron chi connectivity index (χ4n) is 2.85. The number of fused-ring (bicyclic) bond motifs is 1. The maximum absolute atomic E-state index is 11.9. The summed E-state index contributed by atoms with van der Waals surface area (Å²) >= 11 is 0. The monoisotopic (exact) mass is 343 g/mol. The Morgan fingerprint density at radius 2 is 2.16 bits per heavy atom. The van der Waals surface area contributed by atoms with E-state index in [0.29, 0.717) is 31.4 Å². The lowest BCUT2D eigenvalue weighted by Gasteiger charge is -2.15. The standard InChI is InChI=1S/C19H25N3O3/c1-14(2)15-3-5-17(6-4-15)25-13-19(23)20-8-9-22-18-7-10-24-12-16(18)11-21-22/h3-6,11,14H,7-10,12-13H2,1-2H3,(H,20,23). The highest BCUT2D eigenvalue weighted by atomic mass is 16.5. The number of benzene rings is 1. The van der Waals surface area contributed by atoms with Crippen LogP contribution in [-0.4, -0.2) is 35.4 Å². The lowest BCUT2D eigenvalue weighted by atomic mass is 10.0. The number of nitrogens with one attached hydrogen (secondary N) is 1. The van der Waals surface area contributed by atoms with Crippen LogP contribution in [0.25, 0.3) is 0 Å². The number of carbonyl (C=O) groups excluding carboxylic acids is 1. The van der Waals surface area contributed by atoms with Crippen molar-refractivity contribution in [3.8, 4) is 5.75 Å². The van der Waals surface area contributed by atoms with Crippen molar-refractivity contribution in [3.05, 3.63) is 47.3 Å². The van der Waals surface area contributed by atoms with Crippen LogP contribution in [0, 0.1) is 0 Å². The maximum Gasteiger partial charge on any atom is 0.258 e. The molecule has 0 saturated carbocycles. The number of nitrogens with zero attached hydrogens (tertiary/aromatic N) is 2. The first kappa shape index (κ1) is 17.5. The van der Waals surface area contributed by atoms with Crippen LogP contribution in [0.15, 0.2) is 30.5 Å². The minimum Gasteiger partial charge on any atom is -0.484 e. The molecule has 0 aliphatic carbocycles. The summed E-state index contributed by atoms with van der Waals surface area (Å²) in [7, 11) is 0. The minimum absolute atomic E-state index is 0.0199. The molecule has 134 valence electrons. The number of aromatic nitrogens is 2. The van der Waals surface area contributed by atoms with Crippen LogP contribution in [0.3, 0.4) is 0 Å². The van der Waals surface area contributed by atoms with Crippen molar-refractivity contribution < 1.29 is 14.3 Å². The van der Waals surface area contributed by atoms with Gasteiger partial charge in [-0.15, -0.1) is 0 Å². The van der Waals surface area contributed by atoms with Crippen molar-refractivity contribution in [1.29, 1.82) is 0 Å². The number of carbonyl (C=O) groups is 1. The Bertz CT molecular complexity index is 707. The molecule has 0 radical (unpaired) electrons. The number of hydrogen-bond acceptors (Lipinski definition) is 4. The largest absolute Gasteiger partial charge is 0.484 e. The Balaban J connectivity index is 1.40. The SMILES string of the molecule is CC(C)c1ccc(OCC(=O)NCCn2ncc3c2CCOC3)cc1. The predicted octanol–water partition coefficient (Wildman–Crippen LogP) is 2.27. The van der Waals surface area contributed by atoms with Crippen LogP contribution < -0.4 is 10.1 Å². The number of rotatable bonds is 7. The van der Waals surface area contributed by atoms with E-state index in [1.54, 1.807) is 0 Å². The van der Waals surface area contributed by atoms with Crippen molar-refractivity contribution in [1.82, 2.24) is 15.1 Å². The first-order valence-electron chi connectivity index (χ1n) is 8.74. The molecule has 0 spiro atoms. The van der Waals surface area contributed by atoms with Gasteiger partial charge in [-0.05, 0) is 23.6 Å². The molecule has 2 aromatic rings. The molecule has 1 N–H and O–H groups in total. The van der Waals surface area contributed by atoms with E-state index < -0.39 is 0 Å². The Kier molecular flexibility index (Phi) is 5.71. The molecule has 1 aromatic heterocycles. The van der Waals surface area contributed by atoms with Crippen LogP contribution in [0.5, 0.6) is 5.75 Å². The molecular weight excluding hydrogens is 318 g/mol. The van der Waals surface area contributed by atoms with E-state index in [1.807, 2.05) is 35.1 Å². The molecule has 1 aliphatic heterocycles. The second kappa shape index (κ2) is 8.16. The molecule has 0 atom stereocenters. The van der Waals surface area contributed by atoms with Gasteiger partial charge in [-0.25, -0.2) is 0 Å². The van der Waals surface area contributed by atoms with Crippen LogP contribution in [0.4, 0.5) is 0 Å². The zero-order valence-corrected chi connectivity index (χ0v) is 14.8. The van der Waals surface area contributed by atoms with Gasteiger partial charge in [0.15, 0.2) is 6.61 Å². The summed E-state index contributed by atoms with van der Waals surface area (Å²) in [4.78, 5) is 11.9. The average Bonchev–Trinajstić information content (AvgIpc) is 3.04. The van der Waals surface area contributed by atoms with E-state index in [9.17, 15) is 4.79 Å². The smallest absolute Gasteiger partial charge is 0.258 e. The molecule has 3 rings (SSSR count). The molecule has 2 heterocycles. The number of hydrogen-bond donors (Lipinski definition) is 1. The molecule has 0 saturated heterocycles. The Morgan fingerprint density at radius 3 is 2.92 bits per heavy atom. The molecule has 25 heavy (non-hydrogen) atoms. The zero-order chi connectivity index (χ0) is 17.6. The summed E-state index contributed by atoms with van der Waals surface area (Å²) in [5.74, 6) is 1.06. The van der Waals surface area contributed by atoms with Crippen LogP contribution in [0.1, 0.15) is 36.6 Å². The van der Waals surface area contributed by atoms with Gasteiger partial charge >= 0.3 is 0 Å². The van der Waals surface area contributed by atoms with E-state index in [0.717, 1.165) is 18.6 Å². The summed E-state index contributed by atoms with van der Waals surface area (Å²) in [6.45, 7) is 6.86. The second-order valence-corrected chi connectivity index (χ2v) is 6.50. The Labute approximate surface area is 148 Å². The number of ether oxygens (including phenoxy) is 2. The van der Waals surface area contributed by atoms with Crippen molar-refractivity contribution in [2.75, 3.05) is 19.8 Å². The molecule has 6 heteroatoms. The van der Waals surface area contributed by atoms with Crippen molar-refractivity contribution in [2.45, 2.75) is 39.3 Å². The molecule has 1 aliphatic rings. The third kappa shape index (κ3) is 4.60. The van der Waals surface area contributed by atoms with Crippen LogP contribution >= 0.6 is 0 Å². The second-order valence-electron chi connectivity index (χ2n) is 6.50. The third-order valence-corrected chi connectivity index (χ3v) is 4.34. The fraction of sp³-hybridized carbons (Fsp3) is 0.474. The maximum atomic E-state index is 11.9. The van der Waals surface area contributed by atoms with Crippen molar-refractivity contribution in [2.24, 2.45) is 0 Å². The third-order valence-electron chi connectivity index (χ3n) is 4.34. The molecule has 6 nitrogen and oxygen atoms in total. The lowest BCUT2D eigenvalue weighted by molar-refractivity contribution is -0.123. The highest BCUT2D eigenvalue weighted by Gasteiger charge is 2.15. The Hall–Kier alpha value is -2.34. The molecule has 0 fully saturated rings. The minimum atomic E-state index is -0.128. The summed E-state index contributed by atoms with van der Waals surface area (Å²) in [5.41, 5.74) is 3.61. The van der Waals surface area contributed by atoms with Gasteiger partial charge in [0, 0.05) is 24.2 Å². The summed E-state index contributed by atoms with van der Waals surface area (Å²) in [6, 6.07) is 7.87. The van der Waals surface area contributed by atoms with Gasteiger partial charge in [-0.3, -0.25) is 9.48 Å². The van der Waals surface area contributed by atoms with E-state index >= 15 is 0 Å². The van der Waals surface area contributed by atoms with Gasteiger partial charge in [0.05, 0.1) is 26.0 Å². The average molecular weight is 343 g/mol. The lowest BCUT2D eigenvalue weighted by Crippen LogP contribution is -2.32. The van der Waals surface area contributed by atoms with Crippen molar-refractivity contribution >= 4 is 5.91 Å². The first-order chi connectivity index (χ1) is 12.1.